The van der Waals surface area contributed by atoms with Crippen LogP contribution in [0.2, 0.25) is 0 Å². The van der Waals surface area contributed by atoms with Gasteiger partial charge < -0.3 is 14.8 Å². The lowest BCUT2D eigenvalue weighted by Gasteiger charge is -2.11. The van der Waals surface area contributed by atoms with Crippen molar-refractivity contribution in [3.63, 3.8) is 0 Å². The molecule has 0 aliphatic heterocycles. The Morgan fingerprint density at radius 2 is 1.95 bits per heavy atom. The number of carbonyl (C=O) groups excluding carboxylic acids is 1. The highest BCUT2D eigenvalue weighted by Crippen LogP contribution is 2.27. The second-order valence-corrected chi connectivity index (χ2v) is 4.34. The lowest BCUT2D eigenvalue weighted by molar-refractivity contribution is 0.0950. The summed E-state index contributed by atoms with van der Waals surface area (Å²) >= 11 is 0. The minimum absolute atomic E-state index is 0.157. The Balaban J connectivity index is 2.06. The number of amides is 1. The predicted octanol–water partition coefficient (Wildman–Crippen LogP) is 2.42. The van der Waals surface area contributed by atoms with Crippen LogP contribution in [0.1, 0.15) is 22.8 Å². The molecule has 1 N–H and O–H groups in total. The van der Waals surface area contributed by atoms with Crippen molar-refractivity contribution in [2.75, 3.05) is 13.7 Å². The van der Waals surface area contributed by atoms with E-state index >= 15 is 0 Å². The van der Waals surface area contributed by atoms with Crippen LogP contribution in [-0.4, -0.2) is 24.6 Å². The van der Waals surface area contributed by atoms with E-state index in [1.54, 1.807) is 37.7 Å². The van der Waals surface area contributed by atoms with Crippen molar-refractivity contribution in [2.45, 2.75) is 13.5 Å². The lowest BCUT2D eigenvalue weighted by atomic mass is 10.2. The van der Waals surface area contributed by atoms with Crippen LogP contribution in [0.4, 0.5) is 0 Å². The smallest absolute Gasteiger partial charge is 0.251 e. The Morgan fingerprint density at radius 3 is 2.62 bits per heavy atom. The van der Waals surface area contributed by atoms with Gasteiger partial charge in [0, 0.05) is 24.5 Å². The van der Waals surface area contributed by atoms with Gasteiger partial charge in [-0.1, -0.05) is 0 Å². The van der Waals surface area contributed by atoms with Crippen molar-refractivity contribution < 1.29 is 14.3 Å². The van der Waals surface area contributed by atoms with Crippen molar-refractivity contribution in [3.05, 3.63) is 53.9 Å². The monoisotopic (exact) mass is 286 g/mol. The third kappa shape index (κ3) is 3.95. The maximum Gasteiger partial charge on any atom is 0.251 e. The number of hydrogen-bond donors (Lipinski definition) is 1. The molecule has 0 fully saturated rings. The van der Waals surface area contributed by atoms with Crippen LogP contribution in [0.5, 0.6) is 11.5 Å². The first-order valence-electron chi connectivity index (χ1n) is 6.72. The molecule has 1 aromatic carbocycles. The largest absolute Gasteiger partial charge is 0.493 e. The number of nitrogens with one attached hydrogen (secondary N) is 1. The number of nitrogens with zero attached hydrogens (tertiary/aromatic N) is 1. The topological polar surface area (TPSA) is 60.5 Å². The molecule has 21 heavy (non-hydrogen) atoms. The molecule has 5 nitrogen and oxygen atoms in total. The van der Waals surface area contributed by atoms with Crippen LogP contribution in [-0.2, 0) is 6.54 Å². The van der Waals surface area contributed by atoms with Crippen LogP contribution >= 0.6 is 0 Å². The predicted molar refractivity (Wildman–Crippen MR) is 79.6 cm³/mol. The number of benzene rings is 1. The zero-order chi connectivity index (χ0) is 15.1. The van der Waals surface area contributed by atoms with Crippen LogP contribution < -0.4 is 14.8 Å². The SMILES string of the molecule is CCOc1cc(C(=O)NCc2ccncc2)ccc1OC. The molecule has 1 aromatic heterocycles. The fourth-order valence-electron chi connectivity index (χ4n) is 1.87. The summed E-state index contributed by atoms with van der Waals surface area (Å²) in [6.45, 7) is 2.85. The fraction of sp³-hybridized carbons (Fsp3) is 0.250. The second kappa shape index (κ2) is 7.28. The Labute approximate surface area is 123 Å². The summed E-state index contributed by atoms with van der Waals surface area (Å²) in [6, 6.07) is 8.85. The van der Waals surface area contributed by atoms with Crippen LogP contribution in [0.15, 0.2) is 42.7 Å². The second-order valence-electron chi connectivity index (χ2n) is 4.34. The van der Waals surface area contributed by atoms with Crippen molar-refractivity contribution in [1.82, 2.24) is 10.3 Å². The van der Waals surface area contributed by atoms with Crippen molar-refractivity contribution >= 4 is 5.91 Å². The normalized spacial score (nSPS) is 10.0. The standard InChI is InChI=1S/C16H18N2O3/c1-3-21-15-10-13(4-5-14(15)20-2)16(19)18-11-12-6-8-17-9-7-12/h4-10H,3,11H2,1-2H3,(H,18,19). The average molecular weight is 286 g/mol. The number of carbonyl (C=O) groups is 1. The number of pyridine rings is 1. The summed E-state index contributed by atoms with van der Waals surface area (Å²) in [7, 11) is 1.57. The molecule has 110 valence electrons. The molecule has 2 rings (SSSR count). The van der Waals surface area contributed by atoms with Crippen molar-refractivity contribution in [1.29, 1.82) is 0 Å². The number of hydrogen-bond acceptors (Lipinski definition) is 4. The van der Waals surface area contributed by atoms with E-state index in [0.29, 0.717) is 30.2 Å². The third-order valence-corrected chi connectivity index (χ3v) is 2.93. The molecule has 1 amide bonds. The van der Waals surface area contributed by atoms with Gasteiger partial charge in [-0.05, 0) is 42.8 Å². The summed E-state index contributed by atoms with van der Waals surface area (Å²) < 4.78 is 10.7. The molecule has 0 aliphatic rings. The van der Waals surface area contributed by atoms with Gasteiger partial charge in [0.15, 0.2) is 11.5 Å². The first kappa shape index (κ1) is 14.8. The number of rotatable bonds is 6. The Kier molecular flexibility index (Phi) is 5.15. The molecule has 0 unspecified atom stereocenters. The van der Waals surface area contributed by atoms with E-state index in [1.807, 2.05) is 19.1 Å². The maximum absolute atomic E-state index is 12.2. The van der Waals surface area contributed by atoms with Gasteiger partial charge in [0.25, 0.3) is 5.91 Å². The Hall–Kier alpha value is -2.56. The Bertz CT molecular complexity index is 600. The van der Waals surface area contributed by atoms with Gasteiger partial charge in [-0.25, -0.2) is 0 Å². The molecule has 0 radical (unpaired) electrons. The number of aromatic nitrogens is 1. The van der Waals surface area contributed by atoms with E-state index in [9.17, 15) is 4.79 Å². The van der Waals surface area contributed by atoms with E-state index < -0.39 is 0 Å². The summed E-state index contributed by atoms with van der Waals surface area (Å²) in [5, 5.41) is 2.86. The lowest BCUT2D eigenvalue weighted by Crippen LogP contribution is -2.22. The molecule has 1 heterocycles. The van der Waals surface area contributed by atoms with E-state index in [0.717, 1.165) is 5.56 Å². The maximum atomic E-state index is 12.2. The first-order chi connectivity index (χ1) is 10.2. The van der Waals surface area contributed by atoms with E-state index in [2.05, 4.69) is 10.3 Å². The fourth-order valence-corrected chi connectivity index (χ4v) is 1.87. The molecule has 0 spiro atoms. The van der Waals surface area contributed by atoms with Gasteiger partial charge in [0.05, 0.1) is 13.7 Å². The quantitative estimate of drug-likeness (QED) is 0.886. The van der Waals surface area contributed by atoms with Gasteiger partial charge in [0.2, 0.25) is 0 Å². The van der Waals surface area contributed by atoms with Gasteiger partial charge in [-0.2, -0.15) is 0 Å². The molecule has 2 aromatic rings. The highest BCUT2D eigenvalue weighted by Gasteiger charge is 2.10. The number of ether oxygens (including phenoxy) is 2. The molecule has 0 saturated heterocycles. The van der Waals surface area contributed by atoms with Crippen molar-refractivity contribution in [3.8, 4) is 11.5 Å². The molecule has 0 atom stereocenters. The average Bonchev–Trinajstić information content (AvgIpc) is 2.54. The van der Waals surface area contributed by atoms with E-state index in [-0.39, 0.29) is 5.91 Å². The molecular formula is C16H18N2O3. The van der Waals surface area contributed by atoms with Gasteiger partial charge in [-0.15, -0.1) is 0 Å². The van der Waals surface area contributed by atoms with Crippen molar-refractivity contribution in [2.24, 2.45) is 0 Å². The summed E-state index contributed by atoms with van der Waals surface area (Å²) in [6.07, 6.45) is 3.39. The van der Waals surface area contributed by atoms with E-state index in [1.165, 1.54) is 0 Å². The molecule has 0 aliphatic carbocycles. The molecular weight excluding hydrogens is 268 g/mol. The highest BCUT2D eigenvalue weighted by atomic mass is 16.5. The highest BCUT2D eigenvalue weighted by molar-refractivity contribution is 5.94. The number of methoxy groups -OCH3 is 1. The summed E-state index contributed by atoms with van der Waals surface area (Å²) in [5.74, 6) is 1.02. The molecule has 0 saturated carbocycles. The minimum Gasteiger partial charge on any atom is -0.493 e. The minimum atomic E-state index is -0.157. The third-order valence-electron chi connectivity index (χ3n) is 2.93. The first-order valence-corrected chi connectivity index (χ1v) is 6.72. The summed E-state index contributed by atoms with van der Waals surface area (Å²) in [5.41, 5.74) is 1.53. The van der Waals surface area contributed by atoms with E-state index in [4.69, 9.17) is 9.47 Å². The van der Waals surface area contributed by atoms with Gasteiger partial charge in [-0.3, -0.25) is 9.78 Å². The zero-order valence-electron chi connectivity index (χ0n) is 12.1. The van der Waals surface area contributed by atoms with Crippen LogP contribution in [0.25, 0.3) is 0 Å². The van der Waals surface area contributed by atoms with Crippen LogP contribution in [0, 0.1) is 0 Å². The molecule has 5 heteroatoms. The van der Waals surface area contributed by atoms with Crippen LogP contribution in [0.3, 0.4) is 0 Å². The van der Waals surface area contributed by atoms with Gasteiger partial charge >= 0.3 is 0 Å². The van der Waals surface area contributed by atoms with Gasteiger partial charge in [0.1, 0.15) is 0 Å². The Morgan fingerprint density at radius 1 is 1.19 bits per heavy atom. The zero-order valence-corrected chi connectivity index (χ0v) is 12.1. The molecule has 0 bridgehead atoms. The summed E-state index contributed by atoms with van der Waals surface area (Å²) in [4.78, 5) is 16.1.